The zero-order chi connectivity index (χ0) is 8.27. The Morgan fingerprint density at radius 1 is 1.45 bits per heavy atom. The molecule has 0 saturated carbocycles. The third-order valence-corrected chi connectivity index (χ3v) is 1.66. The molecule has 0 aromatic carbocycles. The lowest BCUT2D eigenvalue weighted by Gasteiger charge is -2.15. The Bertz CT molecular complexity index is 195. The van der Waals surface area contributed by atoms with Crippen molar-refractivity contribution in [2.45, 2.75) is 20.3 Å². The molecule has 5 nitrogen and oxygen atoms in total. The molecule has 1 aliphatic rings. The van der Waals surface area contributed by atoms with E-state index in [1.807, 2.05) is 0 Å². The number of hydrogen-bond acceptors (Lipinski definition) is 5. The molecular formula is C6H13N5. The van der Waals surface area contributed by atoms with Crippen LogP contribution in [0.1, 0.15) is 20.3 Å². The molecule has 0 aromatic heterocycles. The number of guanidine groups is 1. The molecule has 0 spiro atoms. The van der Waals surface area contributed by atoms with Gasteiger partial charge in [-0.1, -0.05) is 13.8 Å². The average Bonchev–Trinajstić information content (AvgIpc) is 2.05. The summed E-state index contributed by atoms with van der Waals surface area (Å²) in [6.45, 7) is 4.17. The minimum absolute atomic E-state index is 0.303. The molecule has 11 heavy (non-hydrogen) atoms. The first-order valence-corrected chi connectivity index (χ1v) is 3.66. The molecule has 0 amide bonds. The van der Waals surface area contributed by atoms with E-state index < -0.39 is 0 Å². The Kier molecular flexibility index (Phi) is 2.30. The van der Waals surface area contributed by atoms with E-state index in [2.05, 4.69) is 34.9 Å². The maximum atomic E-state index is 5.31. The fourth-order valence-corrected chi connectivity index (χ4v) is 0.699. The van der Waals surface area contributed by atoms with Gasteiger partial charge < -0.3 is 5.73 Å². The molecule has 1 rings (SSSR count). The van der Waals surface area contributed by atoms with E-state index in [1.165, 1.54) is 0 Å². The van der Waals surface area contributed by atoms with Gasteiger partial charge in [-0.15, -0.1) is 5.10 Å². The summed E-state index contributed by atoms with van der Waals surface area (Å²) in [5.41, 5.74) is 10.7. The quantitative estimate of drug-likeness (QED) is 0.515. The van der Waals surface area contributed by atoms with Crippen molar-refractivity contribution in [2.75, 3.05) is 0 Å². The fraction of sp³-hybridized carbons (Fsp3) is 0.667. The number of nitrogens with zero attached hydrogens (tertiary/aromatic N) is 2. The van der Waals surface area contributed by atoms with Crippen LogP contribution < -0.4 is 16.6 Å². The molecule has 1 atom stereocenters. The molecule has 0 aromatic rings. The van der Waals surface area contributed by atoms with Crippen LogP contribution in [-0.2, 0) is 0 Å². The number of hydrazone groups is 2. The third-order valence-electron chi connectivity index (χ3n) is 1.66. The molecule has 1 heterocycles. The SMILES string of the molecule is CCC(C)C1=NNC(N)=NN1. The number of nitrogens with one attached hydrogen (secondary N) is 2. The van der Waals surface area contributed by atoms with Gasteiger partial charge in [0.25, 0.3) is 0 Å². The second-order valence-electron chi connectivity index (χ2n) is 2.53. The zero-order valence-corrected chi connectivity index (χ0v) is 6.76. The highest BCUT2D eigenvalue weighted by atomic mass is 15.5. The fourth-order valence-electron chi connectivity index (χ4n) is 0.699. The van der Waals surface area contributed by atoms with Gasteiger partial charge in [-0.05, 0) is 6.42 Å². The molecule has 1 unspecified atom stereocenters. The van der Waals surface area contributed by atoms with Gasteiger partial charge in [0, 0.05) is 5.92 Å². The number of nitrogens with two attached hydrogens (primary N) is 1. The van der Waals surface area contributed by atoms with Crippen LogP contribution in [0.25, 0.3) is 0 Å². The first-order valence-electron chi connectivity index (χ1n) is 3.66. The topological polar surface area (TPSA) is 74.8 Å². The van der Waals surface area contributed by atoms with Crippen LogP contribution in [0.5, 0.6) is 0 Å². The lowest BCUT2D eigenvalue weighted by molar-refractivity contribution is 0.683. The van der Waals surface area contributed by atoms with Crippen molar-refractivity contribution in [3.63, 3.8) is 0 Å². The monoisotopic (exact) mass is 155 g/mol. The van der Waals surface area contributed by atoms with Crippen molar-refractivity contribution in [1.82, 2.24) is 10.9 Å². The van der Waals surface area contributed by atoms with Crippen molar-refractivity contribution >= 4 is 11.8 Å². The Balaban J connectivity index is 2.51. The van der Waals surface area contributed by atoms with Crippen LogP contribution in [0.2, 0.25) is 0 Å². The highest BCUT2D eigenvalue weighted by Crippen LogP contribution is 2.02. The van der Waals surface area contributed by atoms with Crippen LogP contribution in [0.15, 0.2) is 10.2 Å². The maximum absolute atomic E-state index is 5.31. The smallest absolute Gasteiger partial charge is 0.232 e. The van der Waals surface area contributed by atoms with Gasteiger partial charge in [0.05, 0.1) is 0 Å². The number of rotatable bonds is 2. The normalized spacial score (nSPS) is 19.1. The summed E-state index contributed by atoms with van der Waals surface area (Å²) in [4.78, 5) is 0. The molecule has 4 N–H and O–H groups in total. The lowest BCUT2D eigenvalue weighted by Crippen LogP contribution is -2.40. The standard InChI is InChI=1S/C6H13N5/c1-3-4(2)5-8-10-6(7)11-9-5/h4H,3H2,1-2H3,(H,8,9)(H3,7,10,11). The molecule has 62 valence electrons. The summed E-state index contributed by atoms with van der Waals surface area (Å²) in [5, 5.41) is 7.76. The van der Waals surface area contributed by atoms with Crippen LogP contribution in [0.3, 0.4) is 0 Å². The summed E-state index contributed by atoms with van der Waals surface area (Å²) in [6.07, 6.45) is 1.03. The molecule has 0 bridgehead atoms. The third kappa shape index (κ3) is 1.83. The summed E-state index contributed by atoms with van der Waals surface area (Å²) in [6, 6.07) is 0. The number of amidine groups is 1. The van der Waals surface area contributed by atoms with E-state index in [0.29, 0.717) is 11.9 Å². The first kappa shape index (κ1) is 7.84. The second kappa shape index (κ2) is 3.23. The van der Waals surface area contributed by atoms with Crippen LogP contribution in [-0.4, -0.2) is 11.8 Å². The van der Waals surface area contributed by atoms with Crippen LogP contribution in [0, 0.1) is 5.92 Å². The van der Waals surface area contributed by atoms with Gasteiger partial charge in [-0.2, -0.15) is 5.10 Å². The summed E-state index contributed by atoms with van der Waals surface area (Å²) in [5.74, 6) is 1.53. The highest BCUT2D eigenvalue weighted by molar-refractivity contribution is 5.90. The van der Waals surface area contributed by atoms with E-state index in [-0.39, 0.29) is 0 Å². The molecule has 1 aliphatic heterocycles. The van der Waals surface area contributed by atoms with Crippen molar-refractivity contribution in [3.8, 4) is 0 Å². The van der Waals surface area contributed by atoms with Crippen molar-refractivity contribution in [1.29, 1.82) is 0 Å². The molecule has 5 heteroatoms. The predicted molar refractivity (Wildman–Crippen MR) is 44.8 cm³/mol. The molecule has 0 aliphatic carbocycles. The van der Waals surface area contributed by atoms with Gasteiger partial charge in [-0.3, -0.25) is 5.43 Å². The van der Waals surface area contributed by atoms with Gasteiger partial charge in [0.1, 0.15) is 5.84 Å². The Labute approximate surface area is 65.7 Å². The van der Waals surface area contributed by atoms with Crippen molar-refractivity contribution in [3.05, 3.63) is 0 Å². The van der Waals surface area contributed by atoms with Gasteiger partial charge in [-0.25, -0.2) is 5.43 Å². The summed E-state index contributed by atoms with van der Waals surface area (Å²) < 4.78 is 0. The minimum Gasteiger partial charge on any atom is -0.367 e. The molecular weight excluding hydrogens is 142 g/mol. The predicted octanol–water partition coefficient (Wildman–Crippen LogP) is -0.231. The van der Waals surface area contributed by atoms with E-state index >= 15 is 0 Å². The molecule has 0 radical (unpaired) electrons. The first-order chi connectivity index (χ1) is 5.24. The van der Waals surface area contributed by atoms with Crippen LogP contribution >= 0.6 is 0 Å². The summed E-state index contributed by atoms with van der Waals surface area (Å²) in [7, 11) is 0. The Morgan fingerprint density at radius 2 is 2.18 bits per heavy atom. The van der Waals surface area contributed by atoms with E-state index in [4.69, 9.17) is 5.73 Å². The van der Waals surface area contributed by atoms with Crippen molar-refractivity contribution in [2.24, 2.45) is 21.9 Å². The van der Waals surface area contributed by atoms with Gasteiger partial charge in [0.15, 0.2) is 0 Å². The minimum atomic E-state index is 0.303. The molecule has 0 saturated heterocycles. The number of hydrogen-bond donors (Lipinski definition) is 3. The molecule has 0 fully saturated rings. The van der Waals surface area contributed by atoms with E-state index in [1.54, 1.807) is 0 Å². The average molecular weight is 155 g/mol. The highest BCUT2D eigenvalue weighted by Gasteiger charge is 2.10. The van der Waals surface area contributed by atoms with Crippen molar-refractivity contribution < 1.29 is 0 Å². The van der Waals surface area contributed by atoms with Gasteiger partial charge in [0.2, 0.25) is 5.96 Å². The Hall–Kier alpha value is -1.26. The van der Waals surface area contributed by atoms with Gasteiger partial charge >= 0.3 is 0 Å². The summed E-state index contributed by atoms with van der Waals surface area (Å²) >= 11 is 0. The lowest BCUT2D eigenvalue weighted by atomic mass is 10.1. The largest absolute Gasteiger partial charge is 0.367 e. The maximum Gasteiger partial charge on any atom is 0.232 e. The van der Waals surface area contributed by atoms with Crippen LogP contribution in [0.4, 0.5) is 0 Å². The second-order valence-corrected chi connectivity index (χ2v) is 2.53. The zero-order valence-electron chi connectivity index (χ0n) is 6.76. The van der Waals surface area contributed by atoms with E-state index in [0.717, 1.165) is 12.3 Å². The van der Waals surface area contributed by atoms with E-state index in [9.17, 15) is 0 Å². The Morgan fingerprint density at radius 3 is 2.64 bits per heavy atom.